The largest absolute Gasteiger partial charge is 0.370 e. The molecule has 6 amide bonds. The highest BCUT2D eigenvalue weighted by Gasteiger charge is 2.35. The quantitative estimate of drug-likeness (QED) is 0.217. The molecule has 2 aromatic heterocycles. The number of hydrogen-bond donors (Lipinski definition) is 3. The van der Waals surface area contributed by atoms with E-state index in [4.69, 9.17) is 10.7 Å². The molecule has 0 radical (unpaired) electrons. The zero-order chi connectivity index (χ0) is 41.9. The van der Waals surface area contributed by atoms with Gasteiger partial charge in [-0.3, -0.25) is 29.4 Å². The van der Waals surface area contributed by atoms with Crippen LogP contribution in [0.1, 0.15) is 64.3 Å². The number of aromatic nitrogens is 4. The summed E-state index contributed by atoms with van der Waals surface area (Å²) in [6.07, 6.45) is 5.68. The molecule has 19 heteroatoms. The predicted octanol–water partition coefficient (Wildman–Crippen LogP) is 0.810. The average Bonchev–Trinajstić information content (AvgIpc) is 3.86. The highest BCUT2D eigenvalue weighted by atomic mass is 19.1. The number of pyridine rings is 1. The van der Waals surface area contributed by atoms with Gasteiger partial charge in [-0.15, -0.1) is 10.2 Å². The number of amides is 6. The smallest absolute Gasteiger partial charge is 0.320 e. The molecule has 0 aliphatic carbocycles. The maximum Gasteiger partial charge on any atom is 0.320 e. The zero-order valence-electron chi connectivity index (χ0n) is 33.9. The van der Waals surface area contributed by atoms with Gasteiger partial charge in [-0.05, 0) is 74.3 Å². The number of nitrogens with zero attached hydrogens (tertiary/aromatic N) is 10. The normalized spacial score (nSPS) is 22.7. The molecule has 5 aliphatic rings. The van der Waals surface area contributed by atoms with Crippen molar-refractivity contribution >= 4 is 47.0 Å². The minimum absolute atomic E-state index is 0.00543. The summed E-state index contributed by atoms with van der Waals surface area (Å²) in [6.45, 7) is 8.40. The molecule has 3 aromatic rings. The van der Waals surface area contributed by atoms with Crippen molar-refractivity contribution in [1.29, 1.82) is 0 Å². The average molecular weight is 826 g/mol. The van der Waals surface area contributed by atoms with Crippen molar-refractivity contribution < 1.29 is 28.4 Å². The number of urea groups is 1. The summed E-state index contributed by atoms with van der Waals surface area (Å²) in [4.78, 5) is 82.6. The van der Waals surface area contributed by atoms with Crippen molar-refractivity contribution in [2.45, 2.75) is 57.0 Å². The molecular formula is C41H52FN13O5. The highest BCUT2D eigenvalue weighted by Crippen LogP contribution is 2.28. The molecule has 0 saturated carbocycles. The summed E-state index contributed by atoms with van der Waals surface area (Å²) >= 11 is 0. The van der Waals surface area contributed by atoms with Crippen molar-refractivity contribution in [3.63, 3.8) is 0 Å². The van der Waals surface area contributed by atoms with Crippen molar-refractivity contribution in [2.24, 2.45) is 11.7 Å². The van der Waals surface area contributed by atoms with Crippen LogP contribution in [0, 0.1) is 11.7 Å². The van der Waals surface area contributed by atoms with E-state index in [1.165, 1.54) is 0 Å². The molecule has 5 saturated heterocycles. The van der Waals surface area contributed by atoms with E-state index in [1.54, 1.807) is 23.2 Å². The van der Waals surface area contributed by atoms with Crippen molar-refractivity contribution in [1.82, 2.24) is 45.5 Å². The van der Waals surface area contributed by atoms with E-state index in [2.05, 4.69) is 40.5 Å². The Kier molecular flexibility index (Phi) is 12.0. The van der Waals surface area contributed by atoms with Crippen molar-refractivity contribution in [3.8, 4) is 0 Å². The Morgan fingerprint density at radius 3 is 2.45 bits per heavy atom. The minimum Gasteiger partial charge on any atom is -0.370 e. The van der Waals surface area contributed by atoms with E-state index in [1.807, 2.05) is 35.0 Å². The summed E-state index contributed by atoms with van der Waals surface area (Å²) in [6, 6.07) is 8.15. The molecule has 0 spiro atoms. The third kappa shape index (κ3) is 9.09. The second-order valence-electron chi connectivity index (χ2n) is 16.5. The number of likely N-dealkylation sites (N-methyl/N-ethyl adjacent to an activating group) is 1. The number of carbonyl (C=O) groups excluding carboxylic acids is 5. The number of piperidine rings is 2. The number of hydrogen-bond acceptors (Lipinski definition) is 13. The number of rotatable bonds is 12. The van der Waals surface area contributed by atoms with Crippen molar-refractivity contribution in [2.75, 3.05) is 93.7 Å². The van der Waals surface area contributed by atoms with Gasteiger partial charge in [0.25, 0.3) is 11.8 Å². The lowest BCUT2D eigenvalue weighted by atomic mass is 10.0. The fourth-order valence-electron chi connectivity index (χ4n) is 8.99. The van der Waals surface area contributed by atoms with Gasteiger partial charge in [0, 0.05) is 85.5 Å². The van der Waals surface area contributed by atoms with E-state index in [-0.39, 0.29) is 48.0 Å². The molecular weight excluding hydrogens is 774 g/mol. The Bertz CT molecular complexity index is 2120. The van der Waals surface area contributed by atoms with Crippen molar-refractivity contribution in [3.05, 3.63) is 65.0 Å². The van der Waals surface area contributed by atoms with Gasteiger partial charge >= 0.3 is 6.03 Å². The van der Waals surface area contributed by atoms with Crippen LogP contribution in [0.2, 0.25) is 0 Å². The summed E-state index contributed by atoms with van der Waals surface area (Å²) < 4.78 is 15.7. The number of primary amides is 1. The molecule has 0 unspecified atom stereocenters. The van der Waals surface area contributed by atoms with Crippen LogP contribution in [-0.4, -0.2) is 156 Å². The number of piperazine rings is 1. The monoisotopic (exact) mass is 825 g/mol. The Labute approximate surface area is 347 Å². The summed E-state index contributed by atoms with van der Waals surface area (Å²) in [5, 5.41) is 13.3. The number of benzene rings is 1. The first-order chi connectivity index (χ1) is 29.0. The van der Waals surface area contributed by atoms with Gasteiger partial charge in [-0.1, -0.05) is 6.07 Å². The molecule has 1 aromatic carbocycles. The van der Waals surface area contributed by atoms with Gasteiger partial charge in [-0.25, -0.2) is 19.2 Å². The molecule has 5 aliphatic heterocycles. The molecule has 4 N–H and O–H groups in total. The molecule has 0 bridgehead atoms. The fraction of sp³-hybridized carbons (Fsp3) is 0.537. The van der Waals surface area contributed by atoms with E-state index in [0.29, 0.717) is 75.4 Å². The lowest BCUT2D eigenvalue weighted by Gasteiger charge is -2.37. The molecule has 5 fully saturated rings. The van der Waals surface area contributed by atoms with Gasteiger partial charge in [0.1, 0.15) is 17.6 Å². The van der Waals surface area contributed by atoms with Gasteiger partial charge in [-0.2, -0.15) is 0 Å². The number of nitrogens with two attached hydrogens (primary N) is 1. The van der Waals surface area contributed by atoms with Crippen LogP contribution in [0.15, 0.2) is 36.5 Å². The van der Waals surface area contributed by atoms with Crippen LogP contribution >= 0.6 is 0 Å². The Balaban J connectivity index is 0.802. The van der Waals surface area contributed by atoms with Crippen LogP contribution in [-0.2, 0) is 22.4 Å². The third-order valence-corrected chi connectivity index (χ3v) is 12.4. The van der Waals surface area contributed by atoms with Crippen LogP contribution in [0.3, 0.4) is 0 Å². The first-order valence-electron chi connectivity index (χ1n) is 20.9. The number of aryl methyl sites for hydroxylation is 2. The van der Waals surface area contributed by atoms with Gasteiger partial charge in [0.2, 0.25) is 17.8 Å². The van der Waals surface area contributed by atoms with Crippen LogP contribution in [0.4, 0.5) is 26.5 Å². The van der Waals surface area contributed by atoms with E-state index in [9.17, 15) is 24.0 Å². The molecule has 18 nitrogen and oxygen atoms in total. The molecule has 7 heterocycles. The lowest BCUT2D eigenvalue weighted by molar-refractivity contribution is -0.134. The Morgan fingerprint density at radius 2 is 1.73 bits per heavy atom. The second-order valence-corrected chi connectivity index (χ2v) is 16.5. The number of carbonyl (C=O) groups is 5. The molecule has 318 valence electrons. The van der Waals surface area contributed by atoms with E-state index in [0.717, 1.165) is 63.2 Å². The topological polar surface area (TPSA) is 206 Å². The number of anilines is 3. The van der Waals surface area contributed by atoms with Crippen LogP contribution in [0.5, 0.6) is 0 Å². The summed E-state index contributed by atoms with van der Waals surface area (Å²) in [5.41, 5.74) is 8.56. The lowest BCUT2D eigenvalue weighted by Crippen LogP contribution is -2.52. The number of halogens is 1. The number of nitrogens with one attached hydrogen (secondary N) is 2. The predicted molar refractivity (Wildman–Crippen MR) is 219 cm³/mol. The van der Waals surface area contributed by atoms with E-state index >= 15 is 4.39 Å². The second kappa shape index (κ2) is 17.7. The third-order valence-electron chi connectivity index (χ3n) is 12.4. The molecule has 8 rings (SSSR count). The summed E-state index contributed by atoms with van der Waals surface area (Å²) in [5.74, 6) is -1.45. The first-order valence-corrected chi connectivity index (χ1v) is 20.9. The SMILES string of the molecule is CN1CCN([C@@H]2CCCN(c3nnc(C(N)=O)c(CCc4ccc(N5CCN(C[C@@H]6CCN(c7ccc(C(=O)N[C@H]8CCC(=O)NC8=O)nc7)C6)CC5)c(F)c4)n3)C2)C1=O. The van der Waals surface area contributed by atoms with E-state index < -0.39 is 23.8 Å². The molecule has 3 atom stereocenters. The maximum absolute atomic E-state index is 15.7. The van der Waals surface area contributed by atoms with Crippen LogP contribution in [0.25, 0.3) is 0 Å². The molecule has 60 heavy (non-hydrogen) atoms. The number of imide groups is 1. The standard InChI is InChI=1S/C41H52FN13O5/c1-50-15-20-55(41(50)60)29-3-2-13-54(25-29)40-46-31(36(37(43)57)48-49-40)7-4-26-5-10-34(30(42)21-26)52-18-16-51(17-19-52)23-27-12-14-53(24-27)28-6-8-32(44-22-28)38(58)45-33-9-11-35(56)47-39(33)59/h5-6,8,10,21-22,27,29,33H,2-4,7,9,11-20,23-25H2,1H3,(H2,43,57)(H,45,58)(H,47,56,59)/t27-,29+,33-/m0/s1. The summed E-state index contributed by atoms with van der Waals surface area (Å²) in [7, 11) is 1.81. The van der Waals surface area contributed by atoms with Crippen LogP contribution < -0.4 is 31.1 Å². The Morgan fingerprint density at radius 1 is 0.900 bits per heavy atom. The van der Waals surface area contributed by atoms with Gasteiger partial charge in [0.15, 0.2) is 5.69 Å². The zero-order valence-corrected chi connectivity index (χ0v) is 33.9. The minimum atomic E-state index is -0.754. The highest BCUT2D eigenvalue weighted by molar-refractivity contribution is 6.03. The Hall–Kier alpha value is -5.98. The maximum atomic E-state index is 15.7. The first kappa shape index (κ1) is 40.8. The van der Waals surface area contributed by atoms with Gasteiger partial charge in [0.05, 0.1) is 29.3 Å². The fourth-order valence-corrected chi connectivity index (χ4v) is 8.99. The van der Waals surface area contributed by atoms with Gasteiger partial charge < -0.3 is 35.6 Å².